The molecule has 3 aromatic rings. The van der Waals surface area contributed by atoms with Crippen molar-refractivity contribution in [3.8, 4) is 22.4 Å². The van der Waals surface area contributed by atoms with Gasteiger partial charge in [0.1, 0.15) is 0 Å². The van der Waals surface area contributed by atoms with Crippen LogP contribution in [-0.4, -0.2) is 0 Å². The van der Waals surface area contributed by atoms with Gasteiger partial charge in [0.25, 0.3) is 0 Å². The van der Waals surface area contributed by atoms with Crippen LogP contribution in [-0.2, 0) is 12.9 Å². The van der Waals surface area contributed by atoms with Gasteiger partial charge in [-0.1, -0.05) is 49.4 Å². The molecule has 0 saturated carbocycles. The molecule has 0 atom stereocenters. The number of aromatic nitrogens is 1. The maximum absolute atomic E-state index is 8.18. The third-order valence-corrected chi connectivity index (χ3v) is 4.29. The fourth-order valence-corrected chi connectivity index (χ4v) is 3.21. The Morgan fingerprint density at radius 1 is 1.05 bits per heavy atom. The van der Waals surface area contributed by atoms with Crippen molar-refractivity contribution in [1.82, 2.24) is 0 Å². The van der Waals surface area contributed by atoms with Crippen molar-refractivity contribution in [1.29, 1.82) is 0 Å². The minimum absolute atomic E-state index is 0.246. The molecule has 1 aliphatic heterocycles. The monoisotopic (exact) mass is 291 g/mol. The summed E-state index contributed by atoms with van der Waals surface area (Å²) < 4.78 is 42.5. The number of hydrogen-bond donors (Lipinski definition) is 0. The van der Waals surface area contributed by atoms with E-state index in [1.54, 1.807) is 24.4 Å². The lowest BCUT2D eigenvalue weighted by atomic mass is 9.94. The van der Waals surface area contributed by atoms with Crippen LogP contribution in [0.1, 0.15) is 30.5 Å². The first-order chi connectivity index (χ1) is 12.7. The first kappa shape index (κ1) is 8.89. The molecule has 0 amide bonds. The molecule has 4 rings (SSSR count). The molecule has 1 aromatic heterocycles. The quantitative estimate of drug-likeness (QED) is 0.477. The van der Waals surface area contributed by atoms with Crippen molar-refractivity contribution in [3.63, 3.8) is 0 Å². The van der Waals surface area contributed by atoms with Gasteiger partial charge in [0.2, 0.25) is 5.69 Å². The Bertz CT molecular complexity index is 1030. The van der Waals surface area contributed by atoms with Crippen LogP contribution in [0.25, 0.3) is 22.4 Å². The highest BCUT2D eigenvalue weighted by Gasteiger charge is 2.27. The van der Waals surface area contributed by atoms with E-state index < -0.39 is 13.2 Å². The number of hydrogen-bond acceptors (Lipinski definition) is 0. The van der Waals surface area contributed by atoms with Gasteiger partial charge in [-0.2, -0.15) is 4.57 Å². The van der Waals surface area contributed by atoms with Crippen molar-refractivity contribution < 1.29 is 11.4 Å². The van der Waals surface area contributed by atoms with E-state index in [9.17, 15) is 0 Å². The zero-order valence-electron chi connectivity index (χ0n) is 17.4. The van der Waals surface area contributed by atoms with Crippen molar-refractivity contribution in [2.45, 2.75) is 26.7 Å². The molecule has 0 unspecified atom stereocenters. The predicted molar refractivity (Wildman–Crippen MR) is 90.7 cm³/mol. The average molecular weight is 291 g/mol. The topological polar surface area (TPSA) is 3.88 Å². The second-order valence-electron chi connectivity index (χ2n) is 5.57. The SMILES string of the molecule is [2H]C([2H])([2H])c1c[n+]2c(cc1-c1ccccc1C([2H])([2H])C)-c1ccccc1C2. The van der Waals surface area contributed by atoms with E-state index in [2.05, 4.69) is 6.07 Å². The molecule has 2 heterocycles. The largest absolute Gasteiger partial charge is 0.213 e. The van der Waals surface area contributed by atoms with Crippen LogP contribution < -0.4 is 4.57 Å². The molecule has 1 aliphatic rings. The first-order valence-electron chi connectivity index (χ1n) is 9.92. The van der Waals surface area contributed by atoms with Crippen molar-refractivity contribution >= 4 is 0 Å². The van der Waals surface area contributed by atoms with E-state index in [0.717, 1.165) is 16.8 Å². The number of fused-ring (bicyclic) bond motifs is 3. The summed E-state index contributed by atoms with van der Waals surface area (Å²) in [5, 5.41) is 0. The Morgan fingerprint density at radius 3 is 2.64 bits per heavy atom. The Balaban J connectivity index is 2.03. The van der Waals surface area contributed by atoms with Gasteiger partial charge in [0.15, 0.2) is 12.7 Å². The molecule has 0 saturated heterocycles. The minimum atomic E-state index is -2.29. The van der Waals surface area contributed by atoms with E-state index in [4.69, 9.17) is 6.85 Å². The highest BCUT2D eigenvalue weighted by molar-refractivity contribution is 5.75. The molecule has 0 N–H and O–H groups in total. The predicted octanol–water partition coefficient (Wildman–Crippen LogP) is 4.54. The summed E-state index contributed by atoms with van der Waals surface area (Å²) >= 11 is 0. The first-order valence-corrected chi connectivity index (χ1v) is 7.42. The molecule has 108 valence electrons. The molecular weight excluding hydrogens is 266 g/mol. The molecule has 1 heteroatoms. The van der Waals surface area contributed by atoms with E-state index in [-0.39, 0.29) is 5.56 Å². The Kier molecular flexibility index (Phi) is 2.06. The van der Waals surface area contributed by atoms with Gasteiger partial charge >= 0.3 is 0 Å². The Labute approximate surface area is 138 Å². The van der Waals surface area contributed by atoms with Crippen LogP contribution in [0, 0.1) is 6.85 Å². The van der Waals surface area contributed by atoms with Crippen molar-refractivity contribution in [3.05, 3.63) is 77.5 Å². The standard InChI is InChI=1S/C21H20N/c1-3-16-8-4-6-10-18(16)20-12-21-19-11-7-5-9-17(19)14-22(21)13-15(20)2/h4-13H,3,14H2,1-2H3/q+1/i2D3,3D2. The van der Waals surface area contributed by atoms with Crippen LogP contribution in [0.5, 0.6) is 0 Å². The smallest absolute Gasteiger partial charge is 0.194 e. The number of aryl methyl sites for hydroxylation is 2. The lowest BCUT2D eigenvalue weighted by Gasteiger charge is -2.10. The summed E-state index contributed by atoms with van der Waals surface area (Å²) in [6.07, 6.45) is 0.131. The average Bonchev–Trinajstić information content (AvgIpc) is 2.97. The van der Waals surface area contributed by atoms with Crippen molar-refractivity contribution in [2.24, 2.45) is 0 Å². The molecule has 0 radical (unpaired) electrons. The third-order valence-electron chi connectivity index (χ3n) is 4.29. The van der Waals surface area contributed by atoms with Crippen LogP contribution in [0.4, 0.5) is 0 Å². The summed E-state index contributed by atoms with van der Waals surface area (Å²) in [6, 6.07) is 17.1. The highest BCUT2D eigenvalue weighted by Crippen LogP contribution is 2.33. The molecular formula is C21H20N+. The van der Waals surface area contributed by atoms with Gasteiger partial charge < -0.3 is 0 Å². The zero-order chi connectivity index (χ0) is 19.4. The fourth-order valence-electron chi connectivity index (χ4n) is 3.21. The van der Waals surface area contributed by atoms with E-state index in [0.29, 0.717) is 23.2 Å². The number of rotatable bonds is 2. The molecule has 2 aromatic carbocycles. The summed E-state index contributed by atoms with van der Waals surface area (Å²) in [7, 11) is 0. The van der Waals surface area contributed by atoms with Gasteiger partial charge in [-0.3, -0.25) is 0 Å². The van der Waals surface area contributed by atoms with Crippen LogP contribution in [0.15, 0.2) is 60.8 Å². The molecule has 1 nitrogen and oxygen atoms in total. The second kappa shape index (κ2) is 5.10. The molecule has 0 bridgehead atoms. The lowest BCUT2D eigenvalue weighted by Crippen LogP contribution is -2.32. The highest BCUT2D eigenvalue weighted by atomic mass is 15.0. The summed E-state index contributed by atoms with van der Waals surface area (Å²) in [4.78, 5) is 0. The fraction of sp³-hybridized carbons (Fsp3) is 0.190. The van der Waals surface area contributed by atoms with Gasteiger partial charge in [0.05, 0.1) is 5.56 Å². The van der Waals surface area contributed by atoms with E-state index >= 15 is 0 Å². The summed E-state index contributed by atoms with van der Waals surface area (Å²) in [5.41, 5.74) is 5.14. The molecule has 0 fully saturated rings. The Hall–Kier alpha value is -2.41. The molecule has 22 heavy (non-hydrogen) atoms. The van der Waals surface area contributed by atoms with E-state index in [1.807, 2.05) is 34.9 Å². The minimum Gasteiger partial charge on any atom is -0.194 e. The van der Waals surface area contributed by atoms with Gasteiger partial charge in [-0.15, -0.1) is 0 Å². The lowest BCUT2D eigenvalue weighted by molar-refractivity contribution is -0.672. The van der Waals surface area contributed by atoms with Gasteiger partial charge in [-0.05, 0) is 36.0 Å². The summed E-state index contributed by atoms with van der Waals surface area (Å²) in [5.74, 6) is 0. The van der Waals surface area contributed by atoms with E-state index in [1.165, 1.54) is 6.92 Å². The second-order valence-corrected chi connectivity index (χ2v) is 5.57. The molecule has 0 aliphatic carbocycles. The number of benzene rings is 2. The Morgan fingerprint density at radius 2 is 1.82 bits per heavy atom. The van der Waals surface area contributed by atoms with Gasteiger partial charge in [-0.25, -0.2) is 0 Å². The maximum atomic E-state index is 8.18. The van der Waals surface area contributed by atoms with Gasteiger partial charge in [0, 0.05) is 24.0 Å². The third kappa shape index (κ3) is 1.97. The molecule has 0 spiro atoms. The maximum Gasteiger partial charge on any atom is 0.213 e. The van der Waals surface area contributed by atoms with Crippen LogP contribution in [0.2, 0.25) is 0 Å². The van der Waals surface area contributed by atoms with Crippen LogP contribution in [0.3, 0.4) is 0 Å². The number of nitrogens with zero attached hydrogens (tertiary/aromatic N) is 1. The van der Waals surface area contributed by atoms with Crippen LogP contribution >= 0.6 is 0 Å². The summed E-state index contributed by atoms with van der Waals surface area (Å²) in [6.45, 7) is -0.150. The normalized spacial score (nSPS) is 16.7. The zero-order valence-corrected chi connectivity index (χ0v) is 12.4. The van der Waals surface area contributed by atoms with Crippen molar-refractivity contribution in [2.75, 3.05) is 0 Å². The number of pyridine rings is 1.